The zero-order valence-corrected chi connectivity index (χ0v) is 11.3. The van der Waals surface area contributed by atoms with Gasteiger partial charge in [0.1, 0.15) is 11.5 Å². The van der Waals surface area contributed by atoms with E-state index in [0.29, 0.717) is 6.07 Å². The molecule has 0 atom stereocenters. The Morgan fingerprint density at radius 2 is 2.15 bits per heavy atom. The first-order chi connectivity index (χ1) is 9.21. The molecular weight excluding hydrogens is 271 g/mol. The number of carbonyl (C=O) groups is 1. The smallest absolute Gasteiger partial charge is 0.340 e. The summed E-state index contributed by atoms with van der Waals surface area (Å²) in [6.07, 6.45) is 0. The largest absolute Gasteiger partial charge is 0.465 e. The van der Waals surface area contributed by atoms with Crippen LogP contribution in [-0.2, 0) is 4.74 Å². The van der Waals surface area contributed by atoms with Crippen molar-refractivity contribution >= 4 is 17.3 Å². The maximum absolute atomic E-state index is 13.7. The third-order valence-corrected chi connectivity index (χ3v) is 2.56. The minimum Gasteiger partial charge on any atom is -0.465 e. The summed E-state index contributed by atoms with van der Waals surface area (Å²) in [5.74, 6) is -1.99. The van der Waals surface area contributed by atoms with Crippen LogP contribution in [0.4, 0.5) is 15.8 Å². The normalized spacial score (nSPS) is 11.1. The summed E-state index contributed by atoms with van der Waals surface area (Å²) in [5, 5.41) is 22.8. The van der Waals surface area contributed by atoms with Gasteiger partial charge < -0.3 is 15.2 Å². The van der Waals surface area contributed by atoms with Crippen molar-refractivity contribution in [1.82, 2.24) is 0 Å². The number of aliphatic hydroxyl groups is 1. The van der Waals surface area contributed by atoms with Crippen LogP contribution in [-0.4, -0.2) is 35.3 Å². The Bertz CT molecular complexity index is 545. The summed E-state index contributed by atoms with van der Waals surface area (Å²) in [5.41, 5.74) is -1.91. The Labute approximate surface area is 114 Å². The molecule has 1 aromatic rings. The second-order valence-corrected chi connectivity index (χ2v) is 4.76. The Hall–Kier alpha value is -2.22. The number of esters is 1. The summed E-state index contributed by atoms with van der Waals surface area (Å²) < 4.78 is 18.1. The number of hydrogen-bond acceptors (Lipinski definition) is 6. The summed E-state index contributed by atoms with van der Waals surface area (Å²) in [4.78, 5) is 21.5. The summed E-state index contributed by atoms with van der Waals surface area (Å²) in [6, 6.07) is 1.64. The van der Waals surface area contributed by atoms with Gasteiger partial charge in [0.2, 0.25) is 0 Å². The predicted octanol–water partition coefficient (Wildman–Crippen LogP) is 1.70. The molecule has 0 amide bonds. The van der Waals surface area contributed by atoms with Crippen molar-refractivity contribution in [2.75, 3.05) is 19.0 Å². The lowest BCUT2D eigenvalue weighted by Crippen LogP contribution is -2.35. The van der Waals surface area contributed by atoms with E-state index in [1.165, 1.54) is 0 Å². The van der Waals surface area contributed by atoms with Crippen LogP contribution in [0.1, 0.15) is 24.2 Å². The van der Waals surface area contributed by atoms with Crippen LogP contribution in [0.2, 0.25) is 0 Å². The zero-order valence-electron chi connectivity index (χ0n) is 11.3. The van der Waals surface area contributed by atoms with Crippen LogP contribution in [0, 0.1) is 15.9 Å². The number of nitrogens with one attached hydrogen (secondary N) is 1. The first kappa shape index (κ1) is 15.8. The fraction of sp³-hybridized carbons (Fsp3) is 0.417. The maximum atomic E-state index is 13.7. The van der Waals surface area contributed by atoms with Gasteiger partial charge in [0, 0.05) is 0 Å². The molecule has 0 aromatic heterocycles. The third-order valence-electron chi connectivity index (χ3n) is 2.56. The number of rotatable bonds is 5. The molecule has 1 rings (SSSR count). The fourth-order valence-electron chi connectivity index (χ4n) is 1.48. The van der Waals surface area contributed by atoms with Gasteiger partial charge in [0.25, 0.3) is 5.69 Å². The van der Waals surface area contributed by atoms with E-state index in [1.54, 1.807) is 13.8 Å². The average molecular weight is 286 g/mol. The Morgan fingerprint density at radius 1 is 1.55 bits per heavy atom. The topological polar surface area (TPSA) is 102 Å². The molecule has 0 spiro atoms. The molecule has 110 valence electrons. The standard InChI is InChI=1S/C12H15FN2O5/c1-12(2,6-16)14-9-4-7(11(17)20-3)8(13)5-10(9)15(18)19/h4-5,14,16H,6H2,1-3H3. The molecule has 0 heterocycles. The minimum absolute atomic E-state index is 0.0733. The number of benzene rings is 1. The highest BCUT2D eigenvalue weighted by molar-refractivity contribution is 5.92. The van der Waals surface area contributed by atoms with Gasteiger partial charge in [-0.05, 0) is 19.9 Å². The molecule has 8 heteroatoms. The van der Waals surface area contributed by atoms with E-state index in [-0.39, 0.29) is 12.3 Å². The highest BCUT2D eigenvalue weighted by atomic mass is 19.1. The van der Waals surface area contributed by atoms with Gasteiger partial charge in [-0.3, -0.25) is 10.1 Å². The second-order valence-electron chi connectivity index (χ2n) is 4.76. The number of anilines is 1. The van der Waals surface area contributed by atoms with Crippen molar-refractivity contribution in [2.45, 2.75) is 19.4 Å². The maximum Gasteiger partial charge on any atom is 0.340 e. The Morgan fingerprint density at radius 3 is 2.60 bits per heavy atom. The fourth-order valence-corrected chi connectivity index (χ4v) is 1.48. The highest BCUT2D eigenvalue weighted by Gasteiger charge is 2.26. The van der Waals surface area contributed by atoms with E-state index < -0.39 is 33.5 Å². The molecule has 0 saturated heterocycles. The molecular formula is C12H15FN2O5. The molecule has 2 N–H and O–H groups in total. The number of carbonyl (C=O) groups excluding carboxylic acids is 1. The summed E-state index contributed by atoms with van der Waals surface area (Å²) in [7, 11) is 1.08. The van der Waals surface area contributed by atoms with Gasteiger partial charge in [0.05, 0.1) is 35.8 Å². The molecule has 20 heavy (non-hydrogen) atoms. The molecule has 0 aliphatic carbocycles. The van der Waals surface area contributed by atoms with Crippen LogP contribution in [0.25, 0.3) is 0 Å². The second kappa shape index (κ2) is 5.83. The molecule has 1 aromatic carbocycles. The molecule has 0 fully saturated rings. The lowest BCUT2D eigenvalue weighted by Gasteiger charge is -2.24. The number of methoxy groups -OCH3 is 1. The number of ether oxygens (including phenoxy) is 1. The van der Waals surface area contributed by atoms with Crippen molar-refractivity contribution in [3.63, 3.8) is 0 Å². The summed E-state index contributed by atoms with van der Waals surface area (Å²) >= 11 is 0. The Balaban J connectivity index is 3.38. The minimum atomic E-state index is -1.05. The quantitative estimate of drug-likeness (QED) is 0.485. The predicted molar refractivity (Wildman–Crippen MR) is 69.2 cm³/mol. The van der Waals surface area contributed by atoms with Gasteiger partial charge in [-0.1, -0.05) is 0 Å². The Kier molecular flexibility index (Phi) is 4.61. The van der Waals surface area contributed by atoms with E-state index in [1.807, 2.05) is 0 Å². The monoisotopic (exact) mass is 286 g/mol. The SMILES string of the molecule is COC(=O)c1cc(NC(C)(C)CO)c([N+](=O)[O-])cc1F. The number of nitrogens with zero attached hydrogens (tertiary/aromatic N) is 1. The molecule has 0 saturated carbocycles. The first-order valence-corrected chi connectivity index (χ1v) is 5.67. The van der Waals surface area contributed by atoms with Crippen LogP contribution >= 0.6 is 0 Å². The third kappa shape index (κ3) is 3.41. The van der Waals surface area contributed by atoms with Crippen LogP contribution in [0.5, 0.6) is 0 Å². The molecule has 0 radical (unpaired) electrons. The number of hydrogen-bond donors (Lipinski definition) is 2. The van der Waals surface area contributed by atoms with Crippen molar-refractivity contribution in [1.29, 1.82) is 0 Å². The van der Waals surface area contributed by atoms with Crippen molar-refractivity contribution in [3.8, 4) is 0 Å². The molecule has 7 nitrogen and oxygen atoms in total. The number of nitro groups is 1. The van der Waals surface area contributed by atoms with Gasteiger partial charge in [-0.2, -0.15) is 0 Å². The molecule has 0 unspecified atom stereocenters. The van der Waals surface area contributed by atoms with Gasteiger partial charge in [-0.25, -0.2) is 9.18 Å². The van der Waals surface area contributed by atoms with Gasteiger partial charge in [0.15, 0.2) is 0 Å². The van der Waals surface area contributed by atoms with E-state index in [0.717, 1.165) is 13.2 Å². The van der Waals surface area contributed by atoms with E-state index in [2.05, 4.69) is 10.1 Å². The molecule has 0 aliphatic rings. The van der Waals surface area contributed by atoms with Gasteiger partial charge >= 0.3 is 5.97 Å². The molecule has 0 aliphatic heterocycles. The lowest BCUT2D eigenvalue weighted by molar-refractivity contribution is -0.384. The zero-order chi connectivity index (χ0) is 15.5. The van der Waals surface area contributed by atoms with Crippen LogP contribution in [0.3, 0.4) is 0 Å². The average Bonchev–Trinajstić information content (AvgIpc) is 2.39. The number of halogens is 1. The van der Waals surface area contributed by atoms with Gasteiger partial charge in [-0.15, -0.1) is 0 Å². The first-order valence-electron chi connectivity index (χ1n) is 5.67. The summed E-state index contributed by atoms with van der Waals surface area (Å²) in [6.45, 7) is 2.88. The highest BCUT2D eigenvalue weighted by Crippen LogP contribution is 2.30. The van der Waals surface area contributed by atoms with Crippen molar-refractivity contribution in [3.05, 3.63) is 33.6 Å². The van der Waals surface area contributed by atoms with E-state index >= 15 is 0 Å². The van der Waals surface area contributed by atoms with E-state index in [9.17, 15) is 19.3 Å². The van der Waals surface area contributed by atoms with Crippen molar-refractivity contribution < 1.29 is 24.0 Å². The number of aliphatic hydroxyl groups excluding tert-OH is 1. The lowest BCUT2D eigenvalue weighted by atomic mass is 10.0. The van der Waals surface area contributed by atoms with E-state index in [4.69, 9.17) is 5.11 Å². The van der Waals surface area contributed by atoms with Crippen LogP contribution < -0.4 is 5.32 Å². The number of nitro benzene ring substituents is 1. The van der Waals surface area contributed by atoms with Crippen molar-refractivity contribution in [2.24, 2.45) is 0 Å². The van der Waals surface area contributed by atoms with Crippen LogP contribution in [0.15, 0.2) is 12.1 Å². The molecule has 0 bridgehead atoms.